The van der Waals surface area contributed by atoms with Crippen LogP contribution in [0.5, 0.6) is 0 Å². The van der Waals surface area contributed by atoms with E-state index in [4.69, 9.17) is 0 Å². The smallest absolute Gasteiger partial charge is 0.148 e. The quantitative estimate of drug-likeness (QED) is 0.518. The maximum absolute atomic E-state index is 12.7. The SMILES string of the molecule is CCNC(C)(CC)[NH+]([O-])C(C)(CC)C(C)C. The predicted molar refractivity (Wildman–Crippen MR) is 70.2 cm³/mol. The molecule has 0 aliphatic heterocycles. The second-order valence-corrected chi connectivity index (χ2v) is 5.47. The van der Waals surface area contributed by atoms with Gasteiger partial charge in [0.1, 0.15) is 5.66 Å². The highest BCUT2D eigenvalue weighted by atomic mass is 16.5. The zero-order valence-corrected chi connectivity index (χ0v) is 12.1. The van der Waals surface area contributed by atoms with Crippen LogP contribution in [-0.2, 0) is 0 Å². The van der Waals surface area contributed by atoms with Gasteiger partial charge in [0, 0.05) is 19.3 Å². The number of quaternary nitrogens is 1. The summed E-state index contributed by atoms with van der Waals surface area (Å²) in [6.07, 6.45) is 1.76. The van der Waals surface area contributed by atoms with Gasteiger partial charge in [-0.1, -0.05) is 34.6 Å². The van der Waals surface area contributed by atoms with E-state index in [-0.39, 0.29) is 11.2 Å². The van der Waals surface area contributed by atoms with Gasteiger partial charge in [-0.3, -0.25) is 5.32 Å². The van der Waals surface area contributed by atoms with Crippen molar-refractivity contribution < 1.29 is 5.06 Å². The first kappa shape index (κ1) is 15.9. The highest BCUT2D eigenvalue weighted by molar-refractivity contribution is 4.80. The maximum Gasteiger partial charge on any atom is 0.148 e. The summed E-state index contributed by atoms with van der Waals surface area (Å²) in [4.78, 5) is 0. The average Bonchev–Trinajstić information content (AvgIpc) is 2.26. The van der Waals surface area contributed by atoms with E-state index in [1.807, 2.05) is 6.92 Å². The molecule has 3 nitrogen and oxygen atoms in total. The third kappa shape index (κ3) is 2.96. The summed E-state index contributed by atoms with van der Waals surface area (Å²) in [5, 5.41) is 16.4. The fourth-order valence-corrected chi connectivity index (χ4v) is 2.22. The van der Waals surface area contributed by atoms with Crippen molar-refractivity contribution in [3.63, 3.8) is 0 Å². The Morgan fingerprint density at radius 2 is 1.62 bits per heavy atom. The average molecular weight is 230 g/mol. The van der Waals surface area contributed by atoms with E-state index in [0.717, 1.165) is 19.4 Å². The Morgan fingerprint density at radius 1 is 1.12 bits per heavy atom. The first-order chi connectivity index (χ1) is 7.28. The summed E-state index contributed by atoms with van der Waals surface area (Å²) in [6.45, 7) is 15.5. The molecule has 0 aromatic rings. The zero-order valence-electron chi connectivity index (χ0n) is 12.1. The van der Waals surface area contributed by atoms with Crippen LogP contribution in [0.25, 0.3) is 0 Å². The summed E-state index contributed by atoms with van der Waals surface area (Å²) < 4.78 is 0. The summed E-state index contributed by atoms with van der Waals surface area (Å²) in [6, 6.07) is 0. The number of hydrogen-bond donors (Lipinski definition) is 2. The van der Waals surface area contributed by atoms with Crippen LogP contribution >= 0.6 is 0 Å². The molecule has 0 aromatic carbocycles. The van der Waals surface area contributed by atoms with Crippen molar-refractivity contribution >= 4 is 0 Å². The molecule has 3 unspecified atom stereocenters. The van der Waals surface area contributed by atoms with Crippen molar-refractivity contribution in [2.24, 2.45) is 5.92 Å². The van der Waals surface area contributed by atoms with E-state index in [0.29, 0.717) is 11.0 Å². The summed E-state index contributed by atoms with van der Waals surface area (Å²) in [5.41, 5.74) is -0.587. The lowest BCUT2D eigenvalue weighted by atomic mass is 9.83. The maximum atomic E-state index is 12.7. The van der Waals surface area contributed by atoms with E-state index in [1.54, 1.807) is 0 Å². The van der Waals surface area contributed by atoms with Gasteiger partial charge in [-0.2, -0.15) is 0 Å². The third-order valence-electron chi connectivity index (χ3n) is 4.30. The number of hydroxylamine groups is 2. The Hall–Kier alpha value is -0.120. The molecular weight excluding hydrogens is 200 g/mol. The summed E-state index contributed by atoms with van der Waals surface area (Å²) in [7, 11) is 0. The molecule has 0 aliphatic carbocycles. The van der Waals surface area contributed by atoms with E-state index >= 15 is 0 Å². The van der Waals surface area contributed by atoms with Gasteiger partial charge in [0.25, 0.3) is 0 Å². The molecule has 0 saturated heterocycles. The number of nitrogens with one attached hydrogen (secondary N) is 2. The van der Waals surface area contributed by atoms with Gasteiger partial charge < -0.3 is 10.3 Å². The Kier molecular flexibility index (Phi) is 5.94. The molecule has 0 aromatic heterocycles. The second kappa shape index (κ2) is 5.99. The molecule has 3 heteroatoms. The molecule has 0 spiro atoms. The van der Waals surface area contributed by atoms with Crippen molar-refractivity contribution in [3.8, 4) is 0 Å². The van der Waals surface area contributed by atoms with Gasteiger partial charge in [0.15, 0.2) is 0 Å². The molecule has 0 rings (SSSR count). The normalized spacial score (nSPS) is 21.6. The highest BCUT2D eigenvalue weighted by Crippen LogP contribution is 2.19. The zero-order chi connectivity index (χ0) is 13.0. The van der Waals surface area contributed by atoms with Gasteiger partial charge in [-0.25, -0.2) is 0 Å². The van der Waals surface area contributed by atoms with E-state index in [1.165, 1.54) is 0 Å². The molecule has 16 heavy (non-hydrogen) atoms. The largest absolute Gasteiger partial charge is 0.633 e. The van der Waals surface area contributed by atoms with Crippen molar-refractivity contribution in [1.82, 2.24) is 5.32 Å². The fraction of sp³-hybridized carbons (Fsp3) is 1.00. The van der Waals surface area contributed by atoms with Crippen LogP contribution in [0.15, 0.2) is 0 Å². The summed E-state index contributed by atoms with van der Waals surface area (Å²) in [5.74, 6) is 0.384. The van der Waals surface area contributed by atoms with Crippen molar-refractivity contribution in [2.75, 3.05) is 6.54 Å². The minimum atomic E-state index is -0.371. The van der Waals surface area contributed by atoms with Gasteiger partial charge >= 0.3 is 0 Å². The standard InChI is InChI=1S/C13H30N2O/c1-8-12(6,11(4)5)15(16)13(7,9-2)14-10-3/h11,14-15H,8-10H2,1-7H3. The topological polar surface area (TPSA) is 39.5 Å². The van der Waals surface area contributed by atoms with E-state index in [2.05, 4.69) is 46.9 Å². The van der Waals surface area contributed by atoms with Crippen molar-refractivity contribution in [2.45, 2.75) is 72.5 Å². The lowest BCUT2D eigenvalue weighted by molar-refractivity contribution is -0.961. The molecule has 2 N–H and O–H groups in total. The van der Waals surface area contributed by atoms with Crippen LogP contribution in [-0.4, -0.2) is 17.7 Å². The van der Waals surface area contributed by atoms with Crippen LogP contribution in [0, 0.1) is 11.1 Å². The van der Waals surface area contributed by atoms with E-state index in [9.17, 15) is 5.21 Å². The fourth-order valence-electron chi connectivity index (χ4n) is 2.22. The van der Waals surface area contributed by atoms with Crippen LogP contribution in [0.2, 0.25) is 0 Å². The Labute approximate surface area is 101 Å². The van der Waals surface area contributed by atoms with Crippen LogP contribution in [0.3, 0.4) is 0 Å². The molecule has 0 radical (unpaired) electrons. The van der Waals surface area contributed by atoms with Gasteiger partial charge in [-0.15, -0.1) is 0 Å². The van der Waals surface area contributed by atoms with Crippen LogP contribution in [0.1, 0.15) is 61.3 Å². The minimum Gasteiger partial charge on any atom is -0.633 e. The molecule has 0 fully saturated rings. The minimum absolute atomic E-state index is 0.215. The van der Waals surface area contributed by atoms with Crippen LogP contribution < -0.4 is 10.4 Å². The Bertz CT molecular complexity index is 208. The first-order valence-corrected chi connectivity index (χ1v) is 6.58. The lowest BCUT2D eigenvalue weighted by Gasteiger charge is -2.53. The van der Waals surface area contributed by atoms with Gasteiger partial charge in [0.2, 0.25) is 0 Å². The predicted octanol–water partition coefficient (Wildman–Crippen LogP) is 1.93. The molecule has 3 atom stereocenters. The Morgan fingerprint density at radius 3 is 1.88 bits per heavy atom. The third-order valence-corrected chi connectivity index (χ3v) is 4.30. The number of rotatable bonds is 7. The molecule has 0 aliphatic rings. The van der Waals surface area contributed by atoms with Crippen molar-refractivity contribution in [3.05, 3.63) is 5.21 Å². The molecule has 0 bridgehead atoms. The lowest BCUT2D eigenvalue weighted by Crippen LogP contribution is -3.25. The Balaban J connectivity index is 5.04. The van der Waals surface area contributed by atoms with Crippen molar-refractivity contribution in [1.29, 1.82) is 0 Å². The van der Waals surface area contributed by atoms with Gasteiger partial charge in [-0.05, 0) is 19.9 Å². The van der Waals surface area contributed by atoms with Crippen LogP contribution in [0.4, 0.5) is 0 Å². The number of hydrogen-bond acceptors (Lipinski definition) is 2. The molecule has 0 saturated carbocycles. The molecular formula is C13H30N2O. The second-order valence-electron chi connectivity index (χ2n) is 5.47. The summed E-state index contributed by atoms with van der Waals surface area (Å²) >= 11 is 0. The first-order valence-electron chi connectivity index (χ1n) is 6.58. The van der Waals surface area contributed by atoms with Gasteiger partial charge in [0.05, 0.1) is 5.54 Å². The molecule has 0 amide bonds. The molecule has 0 heterocycles. The molecule has 98 valence electrons. The highest BCUT2D eigenvalue weighted by Gasteiger charge is 2.42. The van der Waals surface area contributed by atoms with E-state index < -0.39 is 0 Å². The monoisotopic (exact) mass is 230 g/mol.